The van der Waals surface area contributed by atoms with Crippen molar-refractivity contribution in [2.75, 3.05) is 64.3 Å². The van der Waals surface area contributed by atoms with Crippen LogP contribution in [0.5, 0.6) is 0 Å². The van der Waals surface area contributed by atoms with E-state index in [4.69, 9.17) is 10.00 Å². The number of anilines is 1. The van der Waals surface area contributed by atoms with E-state index in [2.05, 4.69) is 38.2 Å². The van der Waals surface area contributed by atoms with Gasteiger partial charge in [-0.15, -0.1) is 0 Å². The molecule has 0 bridgehead atoms. The maximum atomic E-state index is 12.6. The van der Waals surface area contributed by atoms with Crippen molar-refractivity contribution in [2.45, 2.75) is 19.5 Å². The van der Waals surface area contributed by atoms with Gasteiger partial charge in [-0.2, -0.15) is 5.26 Å². The molecule has 4 rings (SSSR count). The van der Waals surface area contributed by atoms with E-state index < -0.39 is 0 Å². The number of carbonyl (C=O) groups is 1. The highest BCUT2D eigenvalue weighted by molar-refractivity contribution is 5.92. The molecule has 2 aliphatic rings. The summed E-state index contributed by atoms with van der Waals surface area (Å²) in [6, 6.07) is 18.2. The molecule has 33 heavy (non-hydrogen) atoms. The first kappa shape index (κ1) is 23.4. The van der Waals surface area contributed by atoms with E-state index in [0.29, 0.717) is 12.1 Å². The molecule has 0 unspecified atom stereocenters. The molecule has 1 N–H and O–H groups in total. The zero-order chi connectivity index (χ0) is 22.9. The minimum absolute atomic E-state index is 0.0384. The van der Waals surface area contributed by atoms with Crippen LogP contribution in [-0.2, 0) is 22.6 Å². The summed E-state index contributed by atoms with van der Waals surface area (Å²) in [6.07, 6.45) is 1.04. The van der Waals surface area contributed by atoms with Crippen LogP contribution in [0.4, 0.5) is 5.69 Å². The Balaban J connectivity index is 1.20. The summed E-state index contributed by atoms with van der Waals surface area (Å²) in [5.41, 5.74) is 4.02. The van der Waals surface area contributed by atoms with E-state index >= 15 is 0 Å². The second-order valence-electron chi connectivity index (χ2n) is 8.85. The summed E-state index contributed by atoms with van der Waals surface area (Å²) >= 11 is 0. The fourth-order valence-corrected chi connectivity index (χ4v) is 4.40. The van der Waals surface area contributed by atoms with Crippen molar-refractivity contribution in [3.63, 3.8) is 0 Å². The molecule has 2 saturated heterocycles. The number of rotatable bonds is 7. The molecule has 7 heteroatoms. The lowest BCUT2D eigenvalue weighted by Gasteiger charge is -2.26. The Hall–Kier alpha value is -2.76. The zero-order valence-corrected chi connectivity index (χ0v) is 19.2. The van der Waals surface area contributed by atoms with Crippen molar-refractivity contribution in [1.82, 2.24) is 14.7 Å². The lowest BCUT2D eigenvalue weighted by molar-refractivity contribution is -0.117. The predicted octanol–water partition coefficient (Wildman–Crippen LogP) is 2.54. The fraction of sp³-hybridized carbons (Fsp3) is 0.462. The normalized spacial score (nSPS) is 18.4. The summed E-state index contributed by atoms with van der Waals surface area (Å²) in [6.45, 7) is 9.52. The maximum Gasteiger partial charge on any atom is 0.238 e. The monoisotopic (exact) mass is 447 g/mol. The Morgan fingerprint density at radius 3 is 2.06 bits per heavy atom. The zero-order valence-electron chi connectivity index (χ0n) is 19.2. The first-order chi connectivity index (χ1) is 16.2. The lowest BCUT2D eigenvalue weighted by Crippen LogP contribution is -2.36. The number of nitrogens with zero attached hydrogens (tertiary/aromatic N) is 4. The van der Waals surface area contributed by atoms with Gasteiger partial charge in [0.05, 0.1) is 31.4 Å². The second-order valence-corrected chi connectivity index (χ2v) is 8.85. The van der Waals surface area contributed by atoms with Crippen molar-refractivity contribution >= 4 is 11.6 Å². The highest BCUT2D eigenvalue weighted by Gasteiger charge is 2.17. The third-order valence-corrected chi connectivity index (χ3v) is 6.29. The molecule has 2 fully saturated rings. The van der Waals surface area contributed by atoms with E-state index in [0.717, 1.165) is 77.7 Å². The number of morpholine rings is 1. The first-order valence-corrected chi connectivity index (χ1v) is 11.8. The summed E-state index contributed by atoms with van der Waals surface area (Å²) in [5.74, 6) is 0.0384. The van der Waals surface area contributed by atoms with Gasteiger partial charge in [-0.05, 0) is 54.9 Å². The molecule has 7 nitrogen and oxygen atoms in total. The Kier molecular flexibility index (Phi) is 8.45. The average molecular weight is 448 g/mol. The summed E-state index contributed by atoms with van der Waals surface area (Å²) < 4.78 is 5.41. The predicted molar refractivity (Wildman–Crippen MR) is 129 cm³/mol. The molecule has 0 atom stereocenters. The standard InChI is InChI=1S/C26H33N5O2/c27-18-22-2-4-23(5-3-22)19-29-10-1-11-30(13-12-29)21-26(32)28-25-8-6-24(7-9-25)20-31-14-16-33-17-15-31/h2-9H,1,10-17,19-21H2,(H,28,32). The molecule has 174 valence electrons. The molecule has 0 aliphatic carbocycles. The van der Waals surface area contributed by atoms with Gasteiger partial charge in [-0.1, -0.05) is 24.3 Å². The average Bonchev–Trinajstić information content (AvgIpc) is 3.06. The molecule has 2 aromatic rings. The van der Waals surface area contributed by atoms with E-state index in [1.54, 1.807) is 0 Å². The minimum Gasteiger partial charge on any atom is -0.379 e. The molecular formula is C26H33N5O2. The van der Waals surface area contributed by atoms with Crippen molar-refractivity contribution in [3.05, 3.63) is 65.2 Å². The van der Waals surface area contributed by atoms with E-state index in [-0.39, 0.29) is 5.91 Å². The number of hydrogen-bond donors (Lipinski definition) is 1. The van der Waals surface area contributed by atoms with Crippen molar-refractivity contribution in [2.24, 2.45) is 0 Å². The van der Waals surface area contributed by atoms with Gasteiger partial charge in [0.15, 0.2) is 0 Å². The molecule has 0 aromatic heterocycles. The number of carbonyl (C=O) groups excluding carboxylic acids is 1. The van der Waals surface area contributed by atoms with Crippen LogP contribution in [0, 0.1) is 11.3 Å². The first-order valence-electron chi connectivity index (χ1n) is 11.8. The molecule has 2 aliphatic heterocycles. The largest absolute Gasteiger partial charge is 0.379 e. The number of amides is 1. The van der Waals surface area contributed by atoms with Crippen LogP contribution < -0.4 is 5.32 Å². The van der Waals surface area contributed by atoms with Crippen LogP contribution in [0.1, 0.15) is 23.1 Å². The molecular weight excluding hydrogens is 414 g/mol. The van der Waals surface area contributed by atoms with Gasteiger partial charge < -0.3 is 10.1 Å². The van der Waals surface area contributed by atoms with Crippen molar-refractivity contribution in [1.29, 1.82) is 5.26 Å². The van der Waals surface area contributed by atoms with Crippen LogP contribution >= 0.6 is 0 Å². The van der Waals surface area contributed by atoms with Crippen LogP contribution in [0.25, 0.3) is 0 Å². The lowest BCUT2D eigenvalue weighted by atomic mass is 10.1. The third kappa shape index (κ3) is 7.37. The van der Waals surface area contributed by atoms with Gasteiger partial charge in [0.2, 0.25) is 5.91 Å². The van der Waals surface area contributed by atoms with Gasteiger partial charge >= 0.3 is 0 Å². The minimum atomic E-state index is 0.0384. The summed E-state index contributed by atoms with van der Waals surface area (Å²) in [7, 11) is 0. The smallest absolute Gasteiger partial charge is 0.238 e. The molecule has 0 spiro atoms. The Labute approximate surface area is 196 Å². The topological polar surface area (TPSA) is 71.8 Å². The quantitative estimate of drug-likeness (QED) is 0.703. The highest BCUT2D eigenvalue weighted by Crippen LogP contribution is 2.14. The van der Waals surface area contributed by atoms with Gasteiger partial charge in [0.25, 0.3) is 0 Å². The van der Waals surface area contributed by atoms with E-state index in [1.165, 1.54) is 11.1 Å². The number of hydrogen-bond acceptors (Lipinski definition) is 6. The molecule has 2 aromatic carbocycles. The SMILES string of the molecule is N#Cc1ccc(CN2CCCN(CC(=O)Nc3ccc(CN4CCOCC4)cc3)CC2)cc1. The number of nitriles is 1. The second kappa shape index (κ2) is 11.9. The Bertz CT molecular complexity index is 933. The highest BCUT2D eigenvalue weighted by atomic mass is 16.5. The summed E-state index contributed by atoms with van der Waals surface area (Å²) in [5, 5.41) is 12.0. The maximum absolute atomic E-state index is 12.6. The molecule has 0 saturated carbocycles. The molecule has 1 amide bonds. The van der Waals surface area contributed by atoms with E-state index in [1.807, 2.05) is 36.4 Å². The van der Waals surface area contributed by atoms with Crippen molar-refractivity contribution in [3.8, 4) is 6.07 Å². The van der Waals surface area contributed by atoms with Crippen LogP contribution in [0.2, 0.25) is 0 Å². The van der Waals surface area contributed by atoms with Crippen LogP contribution in [0.3, 0.4) is 0 Å². The number of nitrogens with one attached hydrogen (secondary N) is 1. The number of benzene rings is 2. The number of ether oxygens (including phenoxy) is 1. The third-order valence-electron chi connectivity index (χ3n) is 6.29. The van der Waals surface area contributed by atoms with Crippen LogP contribution in [-0.4, -0.2) is 79.6 Å². The Morgan fingerprint density at radius 2 is 1.39 bits per heavy atom. The van der Waals surface area contributed by atoms with Crippen molar-refractivity contribution < 1.29 is 9.53 Å². The van der Waals surface area contributed by atoms with Gasteiger partial charge in [-0.3, -0.25) is 19.5 Å². The van der Waals surface area contributed by atoms with Crippen LogP contribution in [0.15, 0.2) is 48.5 Å². The molecule has 0 radical (unpaired) electrons. The molecule has 2 heterocycles. The van der Waals surface area contributed by atoms with Gasteiger partial charge in [-0.25, -0.2) is 0 Å². The Morgan fingerprint density at radius 1 is 0.818 bits per heavy atom. The van der Waals surface area contributed by atoms with E-state index in [9.17, 15) is 4.79 Å². The van der Waals surface area contributed by atoms with Gasteiger partial charge in [0.1, 0.15) is 0 Å². The van der Waals surface area contributed by atoms with Gasteiger partial charge in [0, 0.05) is 45.0 Å². The summed E-state index contributed by atoms with van der Waals surface area (Å²) in [4.78, 5) is 19.7. The fourth-order valence-electron chi connectivity index (χ4n) is 4.40.